The Morgan fingerprint density at radius 1 is 1.37 bits per heavy atom. The van der Waals surface area contributed by atoms with Gasteiger partial charge in [0.25, 0.3) is 0 Å². The minimum Gasteiger partial charge on any atom is -0.354 e. The van der Waals surface area contributed by atoms with Crippen molar-refractivity contribution in [1.29, 1.82) is 0 Å². The number of carbonyl (C=O) groups is 1. The number of nitrogens with zero attached hydrogens (tertiary/aromatic N) is 1. The van der Waals surface area contributed by atoms with Crippen LogP contribution in [-0.4, -0.2) is 50.6 Å². The minimum absolute atomic E-state index is 0.302. The molecule has 2 saturated carbocycles. The van der Waals surface area contributed by atoms with E-state index < -0.39 is 0 Å². The predicted octanol–water partition coefficient (Wildman–Crippen LogP) is 0.832. The highest BCUT2D eigenvalue weighted by Gasteiger charge is 2.57. The Kier molecular flexibility index (Phi) is 3.56. The molecule has 0 aromatic heterocycles. The number of nitrogens with one attached hydrogen (secondary N) is 2. The summed E-state index contributed by atoms with van der Waals surface area (Å²) in [6.45, 7) is 3.01. The fraction of sp³-hybridized carbons (Fsp3) is 0.933. The van der Waals surface area contributed by atoms with E-state index in [1.807, 2.05) is 0 Å². The molecule has 1 heterocycles. The van der Waals surface area contributed by atoms with Crippen LogP contribution >= 0.6 is 0 Å². The van der Waals surface area contributed by atoms with E-state index in [1.165, 1.54) is 25.7 Å². The quantitative estimate of drug-likeness (QED) is 0.774. The van der Waals surface area contributed by atoms with Crippen LogP contribution in [0.5, 0.6) is 0 Å². The zero-order valence-electron chi connectivity index (χ0n) is 12.2. The van der Waals surface area contributed by atoms with Gasteiger partial charge in [-0.1, -0.05) is 0 Å². The van der Waals surface area contributed by atoms with E-state index in [-0.39, 0.29) is 0 Å². The van der Waals surface area contributed by atoms with Gasteiger partial charge in [0, 0.05) is 18.5 Å². The smallest absolute Gasteiger partial charge is 0.223 e. The first-order valence-corrected chi connectivity index (χ1v) is 7.77. The largest absolute Gasteiger partial charge is 0.354 e. The summed E-state index contributed by atoms with van der Waals surface area (Å²) in [6, 6.07) is 0.534. The SMILES string of the molecule is CN(C)C(CNC(=O)C1CC12CCNCC2)C1CC1. The van der Waals surface area contributed by atoms with Crippen LogP contribution in [0.1, 0.15) is 32.1 Å². The number of rotatable bonds is 5. The average Bonchev–Trinajstić information content (AvgIpc) is 3.28. The van der Waals surface area contributed by atoms with Crippen LogP contribution in [-0.2, 0) is 4.79 Å². The van der Waals surface area contributed by atoms with E-state index in [1.54, 1.807) is 0 Å². The van der Waals surface area contributed by atoms with E-state index >= 15 is 0 Å². The monoisotopic (exact) mass is 265 g/mol. The molecule has 2 unspecified atom stereocenters. The van der Waals surface area contributed by atoms with Crippen LogP contribution in [0.15, 0.2) is 0 Å². The summed E-state index contributed by atoms with van der Waals surface area (Å²) in [5.41, 5.74) is 0.364. The Morgan fingerprint density at radius 2 is 2.05 bits per heavy atom. The van der Waals surface area contributed by atoms with Gasteiger partial charge in [-0.3, -0.25) is 4.79 Å². The fourth-order valence-corrected chi connectivity index (χ4v) is 3.78. The van der Waals surface area contributed by atoms with Crippen molar-refractivity contribution in [3.8, 4) is 0 Å². The molecule has 1 saturated heterocycles. The van der Waals surface area contributed by atoms with Crippen LogP contribution in [0.25, 0.3) is 0 Å². The van der Waals surface area contributed by atoms with Crippen LogP contribution in [0, 0.1) is 17.3 Å². The van der Waals surface area contributed by atoms with Crippen LogP contribution in [0.4, 0.5) is 0 Å². The maximum absolute atomic E-state index is 12.3. The molecule has 0 aromatic carbocycles. The van der Waals surface area contributed by atoms with Crippen LogP contribution in [0.2, 0.25) is 0 Å². The highest BCUT2D eigenvalue weighted by atomic mass is 16.2. The number of likely N-dealkylation sites (N-methyl/N-ethyl adjacent to an activating group) is 1. The number of hydrogen-bond donors (Lipinski definition) is 2. The second-order valence-corrected chi connectivity index (χ2v) is 6.98. The van der Waals surface area contributed by atoms with Crippen molar-refractivity contribution in [1.82, 2.24) is 15.5 Å². The van der Waals surface area contributed by atoms with Crippen molar-refractivity contribution in [2.24, 2.45) is 17.3 Å². The molecule has 0 radical (unpaired) electrons. The Hall–Kier alpha value is -0.610. The lowest BCUT2D eigenvalue weighted by atomic mass is 9.92. The molecule has 19 heavy (non-hydrogen) atoms. The first-order chi connectivity index (χ1) is 9.12. The molecule has 0 aromatic rings. The summed E-state index contributed by atoms with van der Waals surface area (Å²) in [4.78, 5) is 14.6. The minimum atomic E-state index is 0.302. The van der Waals surface area contributed by atoms with Gasteiger partial charge >= 0.3 is 0 Å². The first kappa shape index (κ1) is 13.4. The molecule has 1 spiro atoms. The van der Waals surface area contributed by atoms with Gasteiger partial charge in [-0.25, -0.2) is 0 Å². The maximum atomic E-state index is 12.3. The predicted molar refractivity (Wildman–Crippen MR) is 75.9 cm³/mol. The van der Waals surface area contributed by atoms with Crippen molar-refractivity contribution in [3.05, 3.63) is 0 Å². The summed E-state index contributed by atoms with van der Waals surface area (Å²) in [5.74, 6) is 1.42. The number of amides is 1. The molecule has 1 amide bonds. The Labute approximate surface area is 116 Å². The van der Waals surface area contributed by atoms with Gasteiger partial charge in [0.1, 0.15) is 0 Å². The van der Waals surface area contributed by atoms with Gasteiger partial charge in [-0.15, -0.1) is 0 Å². The van der Waals surface area contributed by atoms with Crippen LogP contribution < -0.4 is 10.6 Å². The Morgan fingerprint density at radius 3 is 2.63 bits per heavy atom. The molecule has 2 aliphatic carbocycles. The number of piperidine rings is 1. The molecule has 2 N–H and O–H groups in total. The van der Waals surface area contributed by atoms with Gasteiger partial charge in [0.05, 0.1) is 0 Å². The van der Waals surface area contributed by atoms with Crippen molar-refractivity contribution >= 4 is 5.91 Å². The van der Waals surface area contributed by atoms with E-state index in [4.69, 9.17) is 0 Å². The third-order valence-corrected chi connectivity index (χ3v) is 5.42. The van der Waals surface area contributed by atoms with Crippen molar-refractivity contribution in [2.45, 2.75) is 38.1 Å². The molecule has 4 heteroatoms. The fourth-order valence-electron chi connectivity index (χ4n) is 3.78. The van der Waals surface area contributed by atoms with Crippen molar-refractivity contribution in [3.63, 3.8) is 0 Å². The Bertz CT molecular complexity index is 343. The molecular weight excluding hydrogens is 238 g/mol. The lowest BCUT2D eigenvalue weighted by Crippen LogP contribution is -2.43. The molecule has 2 atom stereocenters. The third kappa shape index (κ3) is 2.79. The average molecular weight is 265 g/mol. The van der Waals surface area contributed by atoms with Gasteiger partial charge in [0.2, 0.25) is 5.91 Å². The zero-order chi connectivity index (χ0) is 13.5. The van der Waals surface area contributed by atoms with Gasteiger partial charge in [0.15, 0.2) is 0 Å². The summed E-state index contributed by atoms with van der Waals surface area (Å²) < 4.78 is 0. The summed E-state index contributed by atoms with van der Waals surface area (Å²) >= 11 is 0. The van der Waals surface area contributed by atoms with E-state index in [9.17, 15) is 4.79 Å². The highest BCUT2D eigenvalue weighted by molar-refractivity contribution is 5.82. The number of carbonyl (C=O) groups excluding carboxylic acids is 1. The molecule has 3 fully saturated rings. The second-order valence-electron chi connectivity index (χ2n) is 6.98. The molecule has 3 aliphatic rings. The molecule has 3 rings (SSSR count). The van der Waals surface area contributed by atoms with Crippen molar-refractivity contribution < 1.29 is 4.79 Å². The second kappa shape index (κ2) is 5.06. The van der Waals surface area contributed by atoms with Crippen molar-refractivity contribution in [2.75, 3.05) is 33.7 Å². The molecular formula is C15H27N3O. The van der Waals surface area contributed by atoms with Gasteiger partial charge in [-0.2, -0.15) is 0 Å². The van der Waals surface area contributed by atoms with Gasteiger partial charge < -0.3 is 15.5 Å². The van der Waals surface area contributed by atoms with Crippen LogP contribution in [0.3, 0.4) is 0 Å². The molecule has 0 bridgehead atoms. The molecule has 1 aliphatic heterocycles. The van der Waals surface area contributed by atoms with E-state index in [0.29, 0.717) is 23.3 Å². The third-order valence-electron chi connectivity index (χ3n) is 5.42. The normalized spacial score (nSPS) is 30.4. The first-order valence-electron chi connectivity index (χ1n) is 7.77. The highest BCUT2D eigenvalue weighted by Crippen LogP contribution is 2.58. The van der Waals surface area contributed by atoms with E-state index in [0.717, 1.165) is 32.0 Å². The molecule has 4 nitrogen and oxygen atoms in total. The molecule has 108 valence electrons. The van der Waals surface area contributed by atoms with E-state index in [2.05, 4.69) is 29.6 Å². The van der Waals surface area contributed by atoms with Gasteiger partial charge in [-0.05, 0) is 70.6 Å². The lowest BCUT2D eigenvalue weighted by molar-refractivity contribution is -0.123. The Balaban J connectivity index is 1.47. The zero-order valence-corrected chi connectivity index (χ0v) is 12.2. The summed E-state index contributed by atoms with van der Waals surface area (Å²) in [6.07, 6.45) is 6.15. The number of hydrogen-bond acceptors (Lipinski definition) is 3. The maximum Gasteiger partial charge on any atom is 0.223 e. The summed E-state index contributed by atoms with van der Waals surface area (Å²) in [5, 5.41) is 6.61. The topological polar surface area (TPSA) is 44.4 Å². The standard InChI is InChI=1S/C15H27N3O/c1-18(2)13(11-3-4-11)10-17-14(19)12-9-15(12)5-7-16-8-6-15/h11-13,16H,3-10H2,1-2H3,(H,17,19). The summed E-state index contributed by atoms with van der Waals surface area (Å²) in [7, 11) is 4.25. The lowest BCUT2D eigenvalue weighted by Gasteiger charge is -2.26.